The maximum absolute atomic E-state index is 6.09. The average Bonchev–Trinajstić information content (AvgIpc) is 2.80. The van der Waals surface area contributed by atoms with Crippen LogP contribution in [0.2, 0.25) is 0 Å². The molecule has 0 radical (unpaired) electrons. The first-order chi connectivity index (χ1) is 9.65. The maximum atomic E-state index is 6.09. The predicted molar refractivity (Wildman–Crippen MR) is 82.1 cm³/mol. The van der Waals surface area contributed by atoms with E-state index in [-0.39, 0.29) is 0 Å². The summed E-state index contributed by atoms with van der Waals surface area (Å²) in [5, 5.41) is 0. The van der Waals surface area contributed by atoms with E-state index in [9.17, 15) is 0 Å². The number of aryl methyl sites for hydroxylation is 1. The van der Waals surface area contributed by atoms with Crippen LogP contribution in [0.3, 0.4) is 0 Å². The van der Waals surface area contributed by atoms with Gasteiger partial charge in [-0.05, 0) is 49.9 Å². The number of piperidine rings is 1. The van der Waals surface area contributed by atoms with Crippen molar-refractivity contribution in [3.8, 4) is 5.75 Å². The zero-order valence-corrected chi connectivity index (χ0v) is 12.6. The Balaban J connectivity index is 1.56. The summed E-state index contributed by atoms with van der Waals surface area (Å²) in [5.74, 6) is 2.50. The summed E-state index contributed by atoms with van der Waals surface area (Å²) in [6.07, 6.45) is 2.62. The number of nitrogens with two attached hydrogens (primary N) is 1. The molecule has 0 amide bonds. The third-order valence-electron chi connectivity index (χ3n) is 4.89. The van der Waals surface area contributed by atoms with Crippen molar-refractivity contribution in [2.24, 2.45) is 17.6 Å². The van der Waals surface area contributed by atoms with Gasteiger partial charge in [0.05, 0.1) is 0 Å². The van der Waals surface area contributed by atoms with Crippen LogP contribution >= 0.6 is 0 Å². The molecule has 1 aromatic carbocycles. The SMILES string of the molecule is Cc1ccc2c(c1)CC(CN1CCC(CN)C(C)C1)O2. The number of ether oxygens (including phenoxy) is 1. The normalized spacial score (nSPS) is 30.1. The molecule has 3 unspecified atom stereocenters. The largest absolute Gasteiger partial charge is 0.488 e. The van der Waals surface area contributed by atoms with Gasteiger partial charge in [-0.1, -0.05) is 24.6 Å². The van der Waals surface area contributed by atoms with Gasteiger partial charge in [0, 0.05) is 19.5 Å². The monoisotopic (exact) mass is 274 g/mol. The molecule has 0 spiro atoms. The standard InChI is InChI=1S/C17H26N2O/c1-12-3-4-17-15(7-12)8-16(20-17)11-19-6-5-14(9-18)13(2)10-19/h3-4,7,13-14,16H,5-6,8-11,18H2,1-2H3. The minimum absolute atomic E-state index is 0.327. The first kappa shape index (κ1) is 13.9. The van der Waals surface area contributed by atoms with Crippen LogP contribution in [0.25, 0.3) is 0 Å². The van der Waals surface area contributed by atoms with Crippen LogP contribution in [0, 0.1) is 18.8 Å². The number of rotatable bonds is 3. The van der Waals surface area contributed by atoms with E-state index in [1.54, 1.807) is 0 Å². The molecule has 3 rings (SSSR count). The van der Waals surface area contributed by atoms with Gasteiger partial charge in [-0.15, -0.1) is 0 Å². The molecule has 0 aromatic heterocycles. The van der Waals surface area contributed by atoms with Crippen molar-refractivity contribution < 1.29 is 4.74 Å². The molecule has 0 aliphatic carbocycles. The lowest BCUT2D eigenvalue weighted by Crippen LogP contribution is -2.45. The summed E-state index contributed by atoms with van der Waals surface area (Å²) in [5.41, 5.74) is 8.53. The second kappa shape index (κ2) is 5.74. The average molecular weight is 274 g/mol. The minimum Gasteiger partial charge on any atom is -0.488 e. The van der Waals surface area contributed by atoms with Crippen molar-refractivity contribution in [1.82, 2.24) is 4.90 Å². The fourth-order valence-electron chi connectivity index (χ4n) is 3.64. The number of benzene rings is 1. The van der Waals surface area contributed by atoms with Gasteiger partial charge in [0.15, 0.2) is 0 Å². The summed E-state index contributed by atoms with van der Waals surface area (Å²) in [6, 6.07) is 6.52. The van der Waals surface area contributed by atoms with Gasteiger partial charge in [0.25, 0.3) is 0 Å². The third kappa shape index (κ3) is 2.84. The van der Waals surface area contributed by atoms with Crippen molar-refractivity contribution >= 4 is 0 Å². The van der Waals surface area contributed by atoms with Crippen molar-refractivity contribution in [3.05, 3.63) is 29.3 Å². The molecule has 20 heavy (non-hydrogen) atoms. The molecule has 2 aliphatic rings. The van der Waals surface area contributed by atoms with Gasteiger partial charge in [0.1, 0.15) is 11.9 Å². The molecule has 1 aromatic rings. The van der Waals surface area contributed by atoms with Crippen LogP contribution in [-0.2, 0) is 6.42 Å². The Morgan fingerprint density at radius 1 is 1.40 bits per heavy atom. The molecule has 2 aliphatic heterocycles. The molecule has 0 saturated carbocycles. The molecular weight excluding hydrogens is 248 g/mol. The molecule has 1 saturated heterocycles. The number of nitrogens with zero attached hydrogens (tertiary/aromatic N) is 1. The maximum Gasteiger partial charge on any atom is 0.123 e. The molecule has 3 atom stereocenters. The lowest BCUT2D eigenvalue weighted by Gasteiger charge is -2.37. The van der Waals surface area contributed by atoms with Crippen molar-refractivity contribution in [3.63, 3.8) is 0 Å². The number of hydrogen-bond acceptors (Lipinski definition) is 3. The first-order valence-electron chi connectivity index (χ1n) is 7.84. The van der Waals surface area contributed by atoms with E-state index >= 15 is 0 Å². The molecule has 0 bridgehead atoms. The quantitative estimate of drug-likeness (QED) is 0.918. The minimum atomic E-state index is 0.327. The second-order valence-electron chi connectivity index (χ2n) is 6.58. The van der Waals surface area contributed by atoms with Gasteiger partial charge in [-0.2, -0.15) is 0 Å². The molecular formula is C17H26N2O. The molecule has 3 nitrogen and oxygen atoms in total. The summed E-state index contributed by atoms with van der Waals surface area (Å²) in [7, 11) is 0. The van der Waals surface area contributed by atoms with Gasteiger partial charge in [0.2, 0.25) is 0 Å². The molecule has 1 fully saturated rings. The molecule has 3 heteroatoms. The van der Waals surface area contributed by atoms with E-state index in [4.69, 9.17) is 10.5 Å². The Morgan fingerprint density at radius 2 is 2.25 bits per heavy atom. The summed E-state index contributed by atoms with van der Waals surface area (Å²) in [6.45, 7) is 8.69. The highest BCUT2D eigenvalue weighted by atomic mass is 16.5. The highest BCUT2D eigenvalue weighted by Crippen LogP contribution is 2.31. The first-order valence-corrected chi connectivity index (χ1v) is 7.84. The Morgan fingerprint density at radius 3 is 3.00 bits per heavy atom. The summed E-state index contributed by atoms with van der Waals surface area (Å²) >= 11 is 0. The number of fused-ring (bicyclic) bond motifs is 1. The lowest BCUT2D eigenvalue weighted by molar-refractivity contribution is 0.0887. The fourth-order valence-corrected chi connectivity index (χ4v) is 3.64. The van der Waals surface area contributed by atoms with Crippen molar-refractivity contribution in [2.75, 3.05) is 26.2 Å². The van der Waals surface area contributed by atoms with Gasteiger partial charge < -0.3 is 10.5 Å². The lowest BCUT2D eigenvalue weighted by atomic mass is 9.87. The molecule has 110 valence electrons. The Hall–Kier alpha value is -1.06. The smallest absolute Gasteiger partial charge is 0.123 e. The van der Waals surface area contributed by atoms with Crippen LogP contribution in [0.15, 0.2) is 18.2 Å². The van der Waals surface area contributed by atoms with Gasteiger partial charge in [-0.3, -0.25) is 4.90 Å². The summed E-state index contributed by atoms with van der Waals surface area (Å²) in [4.78, 5) is 2.56. The van der Waals surface area contributed by atoms with E-state index in [1.165, 1.54) is 24.1 Å². The fraction of sp³-hybridized carbons (Fsp3) is 0.647. The van der Waals surface area contributed by atoms with Crippen molar-refractivity contribution in [1.29, 1.82) is 0 Å². The summed E-state index contributed by atoms with van der Waals surface area (Å²) < 4.78 is 6.09. The van der Waals surface area contributed by atoms with Gasteiger partial charge >= 0.3 is 0 Å². The zero-order valence-electron chi connectivity index (χ0n) is 12.6. The Bertz CT molecular complexity index is 474. The van der Waals surface area contributed by atoms with E-state index < -0.39 is 0 Å². The van der Waals surface area contributed by atoms with Crippen LogP contribution in [-0.4, -0.2) is 37.2 Å². The van der Waals surface area contributed by atoms with Crippen molar-refractivity contribution in [2.45, 2.75) is 32.8 Å². The van der Waals surface area contributed by atoms with E-state index in [0.29, 0.717) is 17.9 Å². The zero-order chi connectivity index (χ0) is 14.1. The van der Waals surface area contributed by atoms with E-state index in [2.05, 4.69) is 36.9 Å². The number of hydrogen-bond donors (Lipinski definition) is 1. The van der Waals surface area contributed by atoms with Gasteiger partial charge in [-0.25, -0.2) is 0 Å². The van der Waals surface area contributed by atoms with Crippen LogP contribution < -0.4 is 10.5 Å². The van der Waals surface area contributed by atoms with Crippen LogP contribution in [0.1, 0.15) is 24.5 Å². The highest BCUT2D eigenvalue weighted by molar-refractivity contribution is 5.40. The Labute approximate surface area is 122 Å². The van der Waals surface area contributed by atoms with Crippen LogP contribution in [0.4, 0.5) is 0 Å². The highest BCUT2D eigenvalue weighted by Gasteiger charge is 2.29. The molecule has 2 heterocycles. The Kier molecular flexibility index (Phi) is 3.99. The third-order valence-corrected chi connectivity index (χ3v) is 4.89. The second-order valence-corrected chi connectivity index (χ2v) is 6.58. The van der Waals surface area contributed by atoms with E-state index in [0.717, 1.165) is 31.8 Å². The topological polar surface area (TPSA) is 38.5 Å². The van der Waals surface area contributed by atoms with Crippen LogP contribution in [0.5, 0.6) is 5.75 Å². The molecule has 2 N–H and O–H groups in total. The predicted octanol–water partition coefficient (Wildman–Crippen LogP) is 2.22. The number of likely N-dealkylation sites (tertiary alicyclic amines) is 1. The van der Waals surface area contributed by atoms with E-state index in [1.807, 2.05) is 0 Å².